The number of hydrogen-bond donors (Lipinski definition) is 0. The number of para-hydroxylation sites is 1. The topological polar surface area (TPSA) is 59.1 Å². The highest BCUT2D eigenvalue weighted by Crippen LogP contribution is 2.48. The van der Waals surface area contributed by atoms with Crippen molar-refractivity contribution in [3.63, 3.8) is 0 Å². The second-order valence-electron chi connectivity index (χ2n) is 8.67. The smallest absolute Gasteiger partial charge is 0.266 e. The van der Waals surface area contributed by atoms with Crippen LogP contribution in [-0.4, -0.2) is 24.5 Å². The van der Waals surface area contributed by atoms with Crippen molar-refractivity contribution in [2.24, 2.45) is 5.92 Å². The van der Waals surface area contributed by atoms with Crippen molar-refractivity contribution in [1.82, 2.24) is 0 Å². The van der Waals surface area contributed by atoms with Gasteiger partial charge in [0.15, 0.2) is 6.10 Å². The standard InChI is InChI=1S/C29H24N2O4/c1-2-34-22-17-15-20(16-18-22)30-28(32)25-26(24-14-8-10-19-9-6-7-13-23(19)24)31(35-27(25)29(30)33)21-11-4-3-5-12-21/h3-18,25-27H,2H2,1H3. The van der Waals surface area contributed by atoms with Gasteiger partial charge in [-0.1, -0.05) is 60.7 Å². The van der Waals surface area contributed by atoms with Gasteiger partial charge in [-0.25, -0.2) is 9.96 Å². The fourth-order valence-corrected chi connectivity index (χ4v) is 5.15. The molecule has 6 heteroatoms. The summed E-state index contributed by atoms with van der Waals surface area (Å²) in [5.74, 6) is -0.607. The number of amides is 2. The molecule has 0 spiro atoms. The summed E-state index contributed by atoms with van der Waals surface area (Å²) in [6.07, 6.45) is -0.904. The summed E-state index contributed by atoms with van der Waals surface area (Å²) >= 11 is 0. The van der Waals surface area contributed by atoms with Crippen LogP contribution in [0.15, 0.2) is 97.1 Å². The zero-order valence-corrected chi connectivity index (χ0v) is 19.2. The second kappa shape index (κ2) is 8.56. The molecule has 6 nitrogen and oxygen atoms in total. The zero-order valence-electron chi connectivity index (χ0n) is 19.2. The van der Waals surface area contributed by atoms with E-state index in [0.29, 0.717) is 18.0 Å². The summed E-state index contributed by atoms with van der Waals surface area (Å²) in [4.78, 5) is 35.0. The molecule has 6 rings (SSSR count). The van der Waals surface area contributed by atoms with Gasteiger partial charge in [0.05, 0.1) is 24.0 Å². The Balaban J connectivity index is 1.45. The average molecular weight is 465 g/mol. The third-order valence-electron chi connectivity index (χ3n) is 6.67. The maximum Gasteiger partial charge on any atom is 0.266 e. The van der Waals surface area contributed by atoms with Gasteiger partial charge >= 0.3 is 0 Å². The van der Waals surface area contributed by atoms with Gasteiger partial charge in [-0.2, -0.15) is 0 Å². The molecule has 2 fully saturated rings. The summed E-state index contributed by atoms with van der Waals surface area (Å²) in [5, 5.41) is 3.84. The number of carbonyl (C=O) groups excluding carboxylic acids is 2. The molecule has 0 radical (unpaired) electrons. The predicted octanol–water partition coefficient (Wildman–Crippen LogP) is 5.29. The number of benzene rings is 4. The highest BCUT2D eigenvalue weighted by atomic mass is 16.7. The Morgan fingerprint density at radius 3 is 2.26 bits per heavy atom. The molecule has 2 aliphatic heterocycles. The number of anilines is 2. The lowest BCUT2D eigenvalue weighted by Crippen LogP contribution is -2.37. The fourth-order valence-electron chi connectivity index (χ4n) is 5.15. The predicted molar refractivity (Wildman–Crippen MR) is 134 cm³/mol. The van der Waals surface area contributed by atoms with Gasteiger partial charge in [0.1, 0.15) is 11.7 Å². The van der Waals surface area contributed by atoms with Crippen LogP contribution in [0.25, 0.3) is 10.8 Å². The maximum absolute atomic E-state index is 13.9. The van der Waals surface area contributed by atoms with Gasteiger partial charge in [-0.05, 0) is 59.7 Å². The Morgan fingerprint density at radius 2 is 1.49 bits per heavy atom. The number of hydrogen-bond acceptors (Lipinski definition) is 5. The van der Waals surface area contributed by atoms with Crippen LogP contribution in [0.4, 0.5) is 11.4 Å². The van der Waals surface area contributed by atoms with Crippen LogP contribution in [-0.2, 0) is 14.4 Å². The van der Waals surface area contributed by atoms with E-state index in [9.17, 15) is 9.59 Å². The molecule has 0 saturated carbocycles. The molecule has 2 saturated heterocycles. The van der Waals surface area contributed by atoms with Crippen LogP contribution in [0.3, 0.4) is 0 Å². The molecule has 2 aliphatic rings. The average Bonchev–Trinajstić information content (AvgIpc) is 3.41. The van der Waals surface area contributed by atoms with Crippen molar-refractivity contribution in [3.8, 4) is 5.75 Å². The fraction of sp³-hybridized carbons (Fsp3) is 0.172. The van der Waals surface area contributed by atoms with E-state index in [-0.39, 0.29) is 11.8 Å². The van der Waals surface area contributed by atoms with E-state index in [0.717, 1.165) is 22.0 Å². The summed E-state index contributed by atoms with van der Waals surface area (Å²) < 4.78 is 5.51. The first-order valence-corrected chi connectivity index (χ1v) is 11.8. The van der Waals surface area contributed by atoms with Gasteiger partial charge in [-0.15, -0.1) is 0 Å². The lowest BCUT2D eigenvalue weighted by Gasteiger charge is -2.29. The molecule has 174 valence electrons. The zero-order chi connectivity index (χ0) is 23.9. The molecule has 4 aromatic rings. The van der Waals surface area contributed by atoms with Crippen LogP contribution in [0.2, 0.25) is 0 Å². The molecule has 2 heterocycles. The van der Waals surface area contributed by atoms with Crippen LogP contribution in [0, 0.1) is 5.92 Å². The van der Waals surface area contributed by atoms with E-state index < -0.39 is 18.1 Å². The van der Waals surface area contributed by atoms with E-state index >= 15 is 0 Å². The third-order valence-corrected chi connectivity index (χ3v) is 6.67. The minimum absolute atomic E-state index is 0.263. The normalized spacial score (nSPS) is 21.6. The van der Waals surface area contributed by atoms with Crippen molar-refractivity contribution in [2.75, 3.05) is 16.6 Å². The van der Waals surface area contributed by atoms with E-state index in [1.807, 2.05) is 79.7 Å². The van der Waals surface area contributed by atoms with Gasteiger partial charge in [0.2, 0.25) is 5.91 Å². The maximum atomic E-state index is 13.9. The summed E-state index contributed by atoms with van der Waals surface area (Å²) in [5.41, 5.74) is 2.27. The molecule has 3 atom stereocenters. The van der Waals surface area contributed by atoms with Gasteiger partial charge in [0.25, 0.3) is 5.91 Å². The Labute approximate surface area is 203 Å². The van der Waals surface area contributed by atoms with Crippen LogP contribution in [0.1, 0.15) is 18.5 Å². The molecule has 4 aromatic carbocycles. The molecule has 35 heavy (non-hydrogen) atoms. The Morgan fingerprint density at radius 1 is 0.771 bits per heavy atom. The number of imide groups is 1. The number of rotatable bonds is 5. The van der Waals surface area contributed by atoms with Crippen LogP contribution >= 0.6 is 0 Å². The summed E-state index contributed by atoms with van der Waals surface area (Å²) in [6.45, 7) is 2.45. The van der Waals surface area contributed by atoms with E-state index in [1.165, 1.54) is 4.90 Å². The second-order valence-corrected chi connectivity index (χ2v) is 8.67. The number of hydroxylamine groups is 1. The number of ether oxygens (including phenoxy) is 1. The molecular weight excluding hydrogens is 440 g/mol. The number of nitrogens with zero attached hydrogens (tertiary/aromatic N) is 2. The highest BCUT2D eigenvalue weighted by molar-refractivity contribution is 6.24. The van der Waals surface area contributed by atoms with Crippen molar-refractivity contribution >= 4 is 34.0 Å². The Hall–Kier alpha value is -4.16. The minimum Gasteiger partial charge on any atom is -0.494 e. The Kier molecular flexibility index (Phi) is 5.23. The quantitative estimate of drug-likeness (QED) is 0.376. The Bertz CT molecular complexity index is 1400. The number of fused-ring (bicyclic) bond motifs is 2. The first kappa shape index (κ1) is 21.4. The molecular formula is C29H24N2O4. The first-order chi connectivity index (χ1) is 17.2. The molecule has 2 amide bonds. The molecule has 0 N–H and O–H groups in total. The summed E-state index contributed by atoms with van der Waals surface area (Å²) in [6, 6.07) is 30.3. The lowest BCUT2D eigenvalue weighted by atomic mass is 9.87. The minimum atomic E-state index is -0.904. The van der Waals surface area contributed by atoms with Crippen LogP contribution in [0.5, 0.6) is 5.75 Å². The van der Waals surface area contributed by atoms with Crippen LogP contribution < -0.4 is 14.7 Å². The molecule has 0 aliphatic carbocycles. The first-order valence-electron chi connectivity index (χ1n) is 11.8. The monoisotopic (exact) mass is 464 g/mol. The third kappa shape index (κ3) is 3.45. The summed E-state index contributed by atoms with van der Waals surface area (Å²) in [7, 11) is 0. The largest absolute Gasteiger partial charge is 0.494 e. The lowest BCUT2D eigenvalue weighted by molar-refractivity contribution is -0.126. The van der Waals surface area contributed by atoms with Crippen molar-refractivity contribution in [3.05, 3.63) is 103 Å². The van der Waals surface area contributed by atoms with Crippen molar-refractivity contribution < 1.29 is 19.2 Å². The van der Waals surface area contributed by atoms with Gasteiger partial charge in [-0.3, -0.25) is 14.4 Å². The molecule has 3 unspecified atom stereocenters. The molecule has 0 bridgehead atoms. The highest BCUT2D eigenvalue weighted by Gasteiger charge is 2.60. The van der Waals surface area contributed by atoms with Crippen molar-refractivity contribution in [2.45, 2.75) is 19.1 Å². The SMILES string of the molecule is CCOc1ccc(N2C(=O)C3ON(c4ccccc4)C(c4cccc5ccccc45)C3C2=O)cc1. The van der Waals surface area contributed by atoms with Crippen molar-refractivity contribution in [1.29, 1.82) is 0 Å². The molecule has 0 aromatic heterocycles. The van der Waals surface area contributed by atoms with Gasteiger partial charge in [0, 0.05) is 0 Å². The van der Waals surface area contributed by atoms with Gasteiger partial charge < -0.3 is 4.74 Å². The van der Waals surface area contributed by atoms with E-state index in [4.69, 9.17) is 9.57 Å². The number of carbonyl (C=O) groups is 2. The van der Waals surface area contributed by atoms with E-state index in [2.05, 4.69) is 0 Å². The van der Waals surface area contributed by atoms with E-state index in [1.54, 1.807) is 29.3 Å².